The number of thioether (sulfide) groups is 2. The van der Waals surface area contributed by atoms with E-state index in [0.717, 1.165) is 21.2 Å². The van der Waals surface area contributed by atoms with E-state index in [1.54, 1.807) is 0 Å². The molecule has 32 heavy (non-hydrogen) atoms. The number of β-lactam (4-membered cyclic amide) rings is 1. The van der Waals surface area contributed by atoms with Gasteiger partial charge in [0.15, 0.2) is 5.16 Å². The number of rotatable bonds is 7. The Hall–Kier alpha value is -2.84. The molecule has 2 aliphatic rings. The van der Waals surface area contributed by atoms with Crippen molar-refractivity contribution >= 4 is 52.6 Å². The second kappa shape index (κ2) is 8.96. The Kier molecular flexibility index (Phi) is 6.26. The van der Waals surface area contributed by atoms with Gasteiger partial charge in [-0.2, -0.15) is 0 Å². The van der Waals surface area contributed by atoms with Crippen molar-refractivity contribution in [3.8, 4) is 5.88 Å². The first-order valence-electron chi connectivity index (χ1n) is 9.25. The number of carbonyl (C=O) groups is 3. The van der Waals surface area contributed by atoms with Gasteiger partial charge in [0, 0.05) is 23.4 Å². The monoisotopic (exact) mass is 495 g/mol. The van der Waals surface area contributed by atoms with Crippen LogP contribution in [0.5, 0.6) is 5.88 Å². The summed E-state index contributed by atoms with van der Waals surface area (Å²) in [6.07, 6.45) is 0.161. The Morgan fingerprint density at radius 2 is 2.12 bits per heavy atom. The number of amides is 2. The summed E-state index contributed by atoms with van der Waals surface area (Å²) in [6, 6.07) is 2.89. The molecular weight excluding hydrogens is 478 g/mol. The number of nitrogens with one attached hydrogen (secondary N) is 1. The van der Waals surface area contributed by atoms with Crippen molar-refractivity contribution in [2.75, 3.05) is 11.5 Å². The van der Waals surface area contributed by atoms with Crippen molar-refractivity contribution in [1.82, 2.24) is 25.0 Å². The molecule has 2 aromatic heterocycles. The van der Waals surface area contributed by atoms with Gasteiger partial charge in [-0.05, 0) is 17.0 Å². The van der Waals surface area contributed by atoms with Crippen molar-refractivity contribution in [3.63, 3.8) is 0 Å². The molecule has 4 rings (SSSR count). The van der Waals surface area contributed by atoms with Crippen LogP contribution in [0.15, 0.2) is 38.7 Å². The van der Waals surface area contributed by atoms with Crippen LogP contribution in [0.1, 0.15) is 4.88 Å². The standard InChI is InChI=1S/C18H17N5O6S3/c1-22-15(27)13(25)20-21-18(22)32-7-8-6-31-16-11(14(26)23(16)12(8)17(28)29)19-10(24)5-9-3-2-4-30-9/h2-4,11,16H,5-7H2,1H3,(H,19,24)(H,20,25)(H,28,29)/t11?,16-/m1/s1. The summed E-state index contributed by atoms with van der Waals surface area (Å²) in [7, 11) is 1.42. The molecule has 2 aromatic rings. The fraction of sp³-hybridized carbons (Fsp3) is 0.333. The van der Waals surface area contributed by atoms with E-state index in [4.69, 9.17) is 0 Å². The molecular formula is C18H17N5O6S3. The molecule has 168 valence electrons. The lowest BCUT2D eigenvalue weighted by Crippen LogP contribution is -2.70. The molecule has 3 N–H and O–H groups in total. The first-order valence-corrected chi connectivity index (χ1v) is 12.2. The summed E-state index contributed by atoms with van der Waals surface area (Å²) >= 11 is 3.88. The van der Waals surface area contributed by atoms with Gasteiger partial charge < -0.3 is 15.5 Å². The third-order valence-electron chi connectivity index (χ3n) is 4.87. The third-order valence-corrected chi connectivity index (χ3v) is 8.19. The predicted molar refractivity (Wildman–Crippen MR) is 117 cm³/mol. The minimum Gasteiger partial charge on any atom is -0.488 e. The van der Waals surface area contributed by atoms with Gasteiger partial charge in [-0.15, -0.1) is 33.3 Å². The summed E-state index contributed by atoms with van der Waals surface area (Å²) in [5, 5.41) is 30.5. The number of hydrogen-bond donors (Lipinski definition) is 3. The van der Waals surface area contributed by atoms with Crippen LogP contribution < -0.4 is 10.9 Å². The number of carboxylic acids is 1. The number of thiophene rings is 1. The molecule has 1 fully saturated rings. The van der Waals surface area contributed by atoms with E-state index in [-0.39, 0.29) is 28.9 Å². The van der Waals surface area contributed by atoms with E-state index >= 15 is 0 Å². The maximum Gasteiger partial charge on any atom is 0.352 e. The fourth-order valence-corrected chi connectivity index (χ4v) is 6.40. The average Bonchev–Trinajstić information content (AvgIpc) is 3.27. The highest BCUT2D eigenvalue weighted by atomic mass is 32.2. The van der Waals surface area contributed by atoms with Crippen molar-refractivity contribution < 1.29 is 24.6 Å². The maximum absolute atomic E-state index is 12.7. The highest BCUT2D eigenvalue weighted by molar-refractivity contribution is 8.01. The topological polar surface area (TPSA) is 155 Å². The molecule has 1 saturated heterocycles. The highest BCUT2D eigenvalue weighted by Gasteiger charge is 2.54. The maximum atomic E-state index is 12.7. The number of fused-ring (bicyclic) bond motifs is 1. The molecule has 11 nitrogen and oxygen atoms in total. The Bertz CT molecular complexity index is 1180. The van der Waals surface area contributed by atoms with E-state index in [0.29, 0.717) is 11.3 Å². The molecule has 0 spiro atoms. The minimum absolute atomic E-state index is 0.119. The normalized spacial score (nSPS) is 20.0. The van der Waals surface area contributed by atoms with Crippen molar-refractivity contribution in [2.24, 2.45) is 7.05 Å². The molecule has 2 aliphatic heterocycles. The number of aromatic hydroxyl groups is 1. The third kappa shape index (κ3) is 4.12. The lowest BCUT2D eigenvalue weighted by molar-refractivity contribution is -0.150. The highest BCUT2D eigenvalue weighted by Crippen LogP contribution is 2.41. The molecule has 2 atom stereocenters. The van der Waals surface area contributed by atoms with Gasteiger partial charge in [0.1, 0.15) is 17.1 Å². The van der Waals surface area contributed by atoms with Crippen molar-refractivity contribution in [2.45, 2.75) is 23.0 Å². The van der Waals surface area contributed by atoms with E-state index in [9.17, 15) is 29.4 Å². The summed E-state index contributed by atoms with van der Waals surface area (Å²) in [6.45, 7) is 0. The van der Waals surface area contributed by atoms with Crippen LogP contribution >= 0.6 is 34.9 Å². The molecule has 2 amide bonds. The van der Waals surface area contributed by atoms with Crippen LogP contribution in [0.4, 0.5) is 0 Å². The van der Waals surface area contributed by atoms with E-state index < -0.39 is 34.7 Å². The van der Waals surface area contributed by atoms with Crippen molar-refractivity contribution in [1.29, 1.82) is 0 Å². The predicted octanol–water partition coefficient (Wildman–Crippen LogP) is 0.0158. The zero-order valence-electron chi connectivity index (χ0n) is 16.5. The number of hydrogen-bond acceptors (Lipinski definition) is 10. The summed E-state index contributed by atoms with van der Waals surface area (Å²) in [5.41, 5.74) is -0.346. The molecule has 14 heteroatoms. The SMILES string of the molecule is Cn1c(SCC2=C(C(=O)O)N3C(=O)C(NC(=O)Cc4cccs4)[C@H]3SC2)nnc(O)c1=O. The molecule has 0 bridgehead atoms. The molecule has 0 radical (unpaired) electrons. The number of aliphatic carboxylic acids is 1. The van der Waals surface area contributed by atoms with Gasteiger partial charge in [0.05, 0.1) is 6.42 Å². The number of aromatic nitrogens is 3. The summed E-state index contributed by atoms with van der Waals surface area (Å²) in [4.78, 5) is 50.8. The molecule has 1 unspecified atom stereocenters. The molecule has 0 saturated carbocycles. The number of nitrogens with zero attached hydrogens (tertiary/aromatic N) is 4. The van der Waals surface area contributed by atoms with Crippen molar-refractivity contribution in [3.05, 3.63) is 44.0 Å². The zero-order chi connectivity index (χ0) is 23.0. The van der Waals surface area contributed by atoms with E-state index in [2.05, 4.69) is 15.5 Å². The number of carbonyl (C=O) groups excluding carboxylic acids is 2. The summed E-state index contributed by atoms with van der Waals surface area (Å²) in [5.74, 6) is -2.24. The largest absolute Gasteiger partial charge is 0.488 e. The molecule has 4 heterocycles. The number of carboxylic acid groups (broad SMARTS) is 1. The Labute approximate surface area is 193 Å². The minimum atomic E-state index is -1.24. The second-order valence-corrected chi connectivity index (χ2v) is 10.0. The van der Waals surface area contributed by atoms with E-state index in [1.807, 2.05) is 17.5 Å². The van der Waals surface area contributed by atoms with Gasteiger partial charge in [-0.3, -0.25) is 23.9 Å². The fourth-order valence-electron chi connectivity index (χ4n) is 3.30. The smallest absolute Gasteiger partial charge is 0.352 e. The van der Waals surface area contributed by atoms with Crippen LogP contribution in [0.2, 0.25) is 0 Å². The Morgan fingerprint density at radius 3 is 2.81 bits per heavy atom. The Balaban J connectivity index is 1.47. The van der Waals surface area contributed by atoms with Crippen LogP contribution in [-0.2, 0) is 27.9 Å². The van der Waals surface area contributed by atoms with Crippen LogP contribution in [-0.4, -0.2) is 70.6 Å². The van der Waals surface area contributed by atoms with Crippen LogP contribution in [0.25, 0.3) is 0 Å². The summed E-state index contributed by atoms with van der Waals surface area (Å²) < 4.78 is 1.11. The van der Waals surface area contributed by atoms with Crippen LogP contribution in [0.3, 0.4) is 0 Å². The van der Waals surface area contributed by atoms with Gasteiger partial charge >= 0.3 is 11.5 Å². The van der Waals surface area contributed by atoms with Gasteiger partial charge in [0.25, 0.3) is 11.8 Å². The first-order chi connectivity index (χ1) is 15.3. The second-order valence-electron chi connectivity index (χ2n) is 6.93. The molecule has 0 aromatic carbocycles. The lowest BCUT2D eigenvalue weighted by atomic mass is 10.0. The van der Waals surface area contributed by atoms with Crippen LogP contribution in [0, 0.1) is 0 Å². The quantitative estimate of drug-likeness (QED) is 0.353. The van der Waals surface area contributed by atoms with E-state index in [1.165, 1.54) is 35.0 Å². The average molecular weight is 496 g/mol. The van der Waals surface area contributed by atoms with Gasteiger partial charge in [-0.1, -0.05) is 17.8 Å². The van der Waals surface area contributed by atoms with Gasteiger partial charge in [-0.25, -0.2) is 4.79 Å². The lowest BCUT2D eigenvalue weighted by Gasteiger charge is -2.49. The Morgan fingerprint density at radius 1 is 1.34 bits per heavy atom. The zero-order valence-corrected chi connectivity index (χ0v) is 19.0. The first kappa shape index (κ1) is 22.4. The molecule has 0 aliphatic carbocycles. The van der Waals surface area contributed by atoms with Gasteiger partial charge in [0.2, 0.25) is 5.91 Å².